The third-order valence-corrected chi connectivity index (χ3v) is 6.13. The molecule has 2 aromatic rings. The monoisotopic (exact) mass is 362 g/mol. The molecule has 0 saturated carbocycles. The number of sulfonamides is 1. The fourth-order valence-electron chi connectivity index (χ4n) is 2.92. The molecule has 1 amide bonds. The van der Waals surface area contributed by atoms with Crippen LogP contribution in [-0.4, -0.2) is 41.3 Å². The van der Waals surface area contributed by atoms with Gasteiger partial charge >= 0.3 is 0 Å². The smallest absolute Gasteiger partial charge is 0.262 e. The zero-order valence-electron chi connectivity index (χ0n) is 14.1. The first-order valence-electron chi connectivity index (χ1n) is 8.38. The van der Waals surface area contributed by atoms with Crippen molar-refractivity contribution in [2.24, 2.45) is 5.92 Å². The number of amides is 1. The van der Waals surface area contributed by atoms with Crippen molar-refractivity contribution >= 4 is 21.6 Å². The number of benzene rings is 1. The summed E-state index contributed by atoms with van der Waals surface area (Å²) >= 11 is 0. The number of carbonyl (C=O) groups is 1. The van der Waals surface area contributed by atoms with E-state index in [1.165, 1.54) is 16.8 Å². The number of carbonyl (C=O) groups excluding carboxylic acids is 1. The Morgan fingerprint density at radius 2 is 2.08 bits per heavy atom. The van der Waals surface area contributed by atoms with Crippen molar-refractivity contribution in [3.8, 4) is 0 Å². The first-order valence-corrected chi connectivity index (χ1v) is 9.82. The van der Waals surface area contributed by atoms with Gasteiger partial charge in [0.15, 0.2) is 5.03 Å². The summed E-state index contributed by atoms with van der Waals surface area (Å²) in [5.74, 6) is -0.512. The highest BCUT2D eigenvalue weighted by Gasteiger charge is 2.34. The molecule has 0 bridgehead atoms. The van der Waals surface area contributed by atoms with Gasteiger partial charge in [0.1, 0.15) is 0 Å². The van der Waals surface area contributed by atoms with Crippen LogP contribution in [0.1, 0.15) is 19.8 Å². The highest BCUT2D eigenvalue weighted by Crippen LogP contribution is 2.24. The molecule has 8 heteroatoms. The third kappa shape index (κ3) is 3.91. The second kappa shape index (κ2) is 7.37. The van der Waals surface area contributed by atoms with Crippen molar-refractivity contribution in [1.29, 1.82) is 0 Å². The number of nitrogens with one attached hydrogen (secondary N) is 1. The molecule has 2 heterocycles. The van der Waals surface area contributed by atoms with E-state index in [1.807, 2.05) is 37.3 Å². The molecule has 1 atom stereocenters. The van der Waals surface area contributed by atoms with E-state index in [9.17, 15) is 13.2 Å². The number of piperidine rings is 1. The Morgan fingerprint density at radius 1 is 1.32 bits per heavy atom. The van der Waals surface area contributed by atoms with Crippen LogP contribution in [0.25, 0.3) is 0 Å². The molecule has 1 aromatic heterocycles. The van der Waals surface area contributed by atoms with Crippen molar-refractivity contribution in [2.75, 3.05) is 18.4 Å². The lowest BCUT2D eigenvalue weighted by Gasteiger charge is -2.30. The van der Waals surface area contributed by atoms with Gasteiger partial charge in [-0.2, -0.15) is 4.31 Å². The number of anilines is 1. The van der Waals surface area contributed by atoms with Crippen LogP contribution in [0.15, 0.2) is 47.9 Å². The number of hydrogen-bond acceptors (Lipinski definition) is 4. The van der Waals surface area contributed by atoms with E-state index >= 15 is 0 Å². The predicted octanol–water partition coefficient (Wildman–Crippen LogP) is 1.94. The molecule has 1 aromatic carbocycles. The van der Waals surface area contributed by atoms with E-state index in [-0.39, 0.29) is 23.4 Å². The average molecular weight is 362 g/mol. The molecule has 1 saturated heterocycles. The van der Waals surface area contributed by atoms with Crippen LogP contribution in [0.2, 0.25) is 0 Å². The minimum Gasteiger partial charge on any atom is -0.336 e. The quantitative estimate of drug-likeness (QED) is 0.881. The van der Waals surface area contributed by atoms with Gasteiger partial charge in [-0.15, -0.1) is 0 Å². The lowest BCUT2D eigenvalue weighted by Crippen LogP contribution is -2.43. The normalized spacial score (nSPS) is 18.8. The predicted molar refractivity (Wildman–Crippen MR) is 94.5 cm³/mol. The summed E-state index contributed by atoms with van der Waals surface area (Å²) in [5, 5.41) is 2.90. The van der Waals surface area contributed by atoms with Crippen LogP contribution in [0.4, 0.5) is 5.69 Å². The van der Waals surface area contributed by atoms with Gasteiger partial charge in [-0.25, -0.2) is 13.4 Å². The maximum absolute atomic E-state index is 12.8. The largest absolute Gasteiger partial charge is 0.336 e. The van der Waals surface area contributed by atoms with Crippen LogP contribution in [-0.2, 0) is 21.4 Å². The zero-order chi connectivity index (χ0) is 17.9. The summed E-state index contributed by atoms with van der Waals surface area (Å²) in [6.45, 7) is 3.17. The van der Waals surface area contributed by atoms with E-state index in [0.717, 1.165) is 0 Å². The SMILES string of the molecule is CCn1cnc(S(=O)(=O)N2CCC[C@H](C(=O)Nc3ccccc3)C2)c1. The van der Waals surface area contributed by atoms with Crippen molar-refractivity contribution in [1.82, 2.24) is 13.9 Å². The van der Waals surface area contributed by atoms with Crippen LogP contribution < -0.4 is 5.32 Å². The molecule has 3 rings (SSSR count). The van der Waals surface area contributed by atoms with E-state index in [1.54, 1.807) is 4.57 Å². The van der Waals surface area contributed by atoms with Crippen molar-refractivity contribution < 1.29 is 13.2 Å². The molecule has 0 unspecified atom stereocenters. The Morgan fingerprint density at radius 3 is 2.76 bits per heavy atom. The lowest BCUT2D eigenvalue weighted by atomic mass is 9.99. The van der Waals surface area contributed by atoms with E-state index < -0.39 is 10.0 Å². The number of aromatic nitrogens is 2. The second-order valence-corrected chi connectivity index (χ2v) is 7.98. The molecule has 7 nitrogen and oxygen atoms in total. The number of hydrogen-bond donors (Lipinski definition) is 1. The van der Waals surface area contributed by atoms with Crippen LogP contribution in [0.3, 0.4) is 0 Å². The van der Waals surface area contributed by atoms with Gasteiger partial charge in [-0.3, -0.25) is 4.79 Å². The van der Waals surface area contributed by atoms with Gasteiger partial charge in [0.25, 0.3) is 10.0 Å². The van der Waals surface area contributed by atoms with E-state index in [4.69, 9.17) is 0 Å². The van der Waals surface area contributed by atoms with E-state index in [2.05, 4.69) is 10.3 Å². The minimum absolute atomic E-state index is 0.0402. The molecule has 1 fully saturated rings. The first-order chi connectivity index (χ1) is 12.0. The summed E-state index contributed by atoms with van der Waals surface area (Å²) in [5.41, 5.74) is 0.717. The Kier molecular flexibility index (Phi) is 5.19. The maximum Gasteiger partial charge on any atom is 0.262 e. The number of imidazole rings is 1. The number of aryl methyl sites for hydroxylation is 1. The molecule has 1 aliphatic rings. The third-order valence-electron chi connectivity index (χ3n) is 4.38. The van der Waals surface area contributed by atoms with Crippen LogP contribution in [0.5, 0.6) is 0 Å². The molecule has 0 spiro atoms. The van der Waals surface area contributed by atoms with Crippen molar-refractivity contribution in [2.45, 2.75) is 31.3 Å². The molecule has 1 aliphatic heterocycles. The molecular formula is C17H22N4O3S. The molecule has 1 N–H and O–H groups in total. The summed E-state index contributed by atoms with van der Waals surface area (Å²) in [4.78, 5) is 16.5. The van der Waals surface area contributed by atoms with Crippen LogP contribution >= 0.6 is 0 Å². The Balaban J connectivity index is 1.71. The lowest BCUT2D eigenvalue weighted by molar-refractivity contribution is -0.120. The van der Waals surface area contributed by atoms with Gasteiger partial charge in [0, 0.05) is 31.5 Å². The van der Waals surface area contributed by atoms with Crippen molar-refractivity contribution in [3.63, 3.8) is 0 Å². The molecule has 0 radical (unpaired) electrons. The molecular weight excluding hydrogens is 340 g/mol. The fourth-order valence-corrected chi connectivity index (χ4v) is 4.38. The fraction of sp³-hybridized carbons (Fsp3) is 0.412. The van der Waals surface area contributed by atoms with Gasteiger partial charge in [-0.1, -0.05) is 18.2 Å². The number of rotatable bonds is 5. The Hall–Kier alpha value is -2.19. The number of nitrogens with zero attached hydrogens (tertiary/aromatic N) is 3. The van der Waals surface area contributed by atoms with Gasteiger partial charge in [0.05, 0.1) is 12.2 Å². The topological polar surface area (TPSA) is 84.3 Å². The minimum atomic E-state index is -3.67. The second-order valence-electron chi connectivity index (χ2n) is 6.10. The highest BCUT2D eigenvalue weighted by atomic mass is 32.2. The summed E-state index contributed by atoms with van der Waals surface area (Å²) in [7, 11) is -3.67. The summed E-state index contributed by atoms with van der Waals surface area (Å²) in [6, 6.07) is 9.19. The molecule has 0 aliphatic carbocycles. The Bertz CT molecular complexity index is 833. The summed E-state index contributed by atoms with van der Waals surface area (Å²) in [6.07, 6.45) is 4.37. The van der Waals surface area contributed by atoms with Gasteiger partial charge in [0.2, 0.25) is 5.91 Å². The average Bonchev–Trinajstić information content (AvgIpc) is 3.13. The van der Waals surface area contributed by atoms with Crippen LogP contribution in [0, 0.1) is 5.92 Å². The molecule has 25 heavy (non-hydrogen) atoms. The van der Waals surface area contributed by atoms with Crippen molar-refractivity contribution in [3.05, 3.63) is 42.9 Å². The highest BCUT2D eigenvalue weighted by molar-refractivity contribution is 7.89. The molecule has 134 valence electrons. The zero-order valence-corrected chi connectivity index (χ0v) is 14.9. The summed E-state index contributed by atoms with van der Waals surface area (Å²) < 4.78 is 28.6. The Labute approximate surface area is 147 Å². The standard InChI is InChI=1S/C17H22N4O3S/c1-2-20-12-16(18-13-20)25(23,24)21-10-6-7-14(11-21)17(22)19-15-8-4-3-5-9-15/h3-5,8-9,12-14H,2,6-7,10-11H2,1H3,(H,19,22)/t14-/m0/s1. The van der Waals surface area contributed by atoms with Gasteiger partial charge in [-0.05, 0) is 31.9 Å². The number of para-hydroxylation sites is 1. The van der Waals surface area contributed by atoms with Gasteiger partial charge < -0.3 is 9.88 Å². The first kappa shape index (κ1) is 17.6. The maximum atomic E-state index is 12.8. The van der Waals surface area contributed by atoms with E-state index in [0.29, 0.717) is 31.6 Å².